The molecule has 3 atom stereocenters. The molecule has 0 aromatic rings. The summed E-state index contributed by atoms with van der Waals surface area (Å²) >= 11 is 0. The first-order chi connectivity index (χ1) is 6.43. The van der Waals surface area contributed by atoms with Crippen molar-refractivity contribution >= 4 is 0 Å². The topological polar surface area (TPSA) is 12.5 Å². The second-order valence-corrected chi connectivity index (χ2v) is 4.89. The number of morpholine rings is 1. The van der Waals surface area contributed by atoms with Crippen LogP contribution in [0.25, 0.3) is 0 Å². The maximum atomic E-state index is 5.40. The van der Waals surface area contributed by atoms with Crippen molar-refractivity contribution in [2.24, 2.45) is 11.8 Å². The van der Waals surface area contributed by atoms with Crippen LogP contribution in [0.4, 0.5) is 0 Å². The van der Waals surface area contributed by atoms with E-state index in [1.807, 2.05) is 0 Å². The number of ether oxygens (including phenoxy) is 1. The van der Waals surface area contributed by atoms with Crippen molar-refractivity contribution in [1.82, 2.24) is 4.90 Å². The van der Waals surface area contributed by atoms with Crippen LogP contribution in [0.5, 0.6) is 0 Å². The van der Waals surface area contributed by atoms with Gasteiger partial charge in [-0.3, -0.25) is 4.90 Å². The van der Waals surface area contributed by atoms with E-state index < -0.39 is 0 Å². The molecule has 1 aliphatic heterocycles. The van der Waals surface area contributed by atoms with Crippen LogP contribution in [0.1, 0.15) is 25.7 Å². The molecule has 0 spiro atoms. The molecule has 3 aliphatic rings. The summed E-state index contributed by atoms with van der Waals surface area (Å²) in [5.74, 6) is 2.13. The third kappa shape index (κ3) is 1.40. The van der Waals surface area contributed by atoms with Gasteiger partial charge in [0.25, 0.3) is 0 Å². The molecule has 0 radical (unpaired) electrons. The van der Waals surface area contributed by atoms with Crippen LogP contribution in [0.3, 0.4) is 0 Å². The number of nitrogens with zero attached hydrogens (tertiary/aromatic N) is 1. The van der Waals surface area contributed by atoms with Crippen LogP contribution in [0, 0.1) is 11.8 Å². The van der Waals surface area contributed by atoms with Crippen molar-refractivity contribution in [3.63, 3.8) is 0 Å². The molecule has 3 fully saturated rings. The van der Waals surface area contributed by atoms with Crippen LogP contribution >= 0.6 is 0 Å². The standard InChI is InChI=1S/C11H19NO/c1-2-10-7-9(1)8-11(10)12-3-5-13-6-4-12/h9-11H,1-8H2. The van der Waals surface area contributed by atoms with E-state index >= 15 is 0 Å². The van der Waals surface area contributed by atoms with Crippen molar-refractivity contribution in [3.05, 3.63) is 0 Å². The van der Waals surface area contributed by atoms with Gasteiger partial charge in [-0.25, -0.2) is 0 Å². The molecule has 0 aromatic carbocycles. The highest BCUT2D eigenvalue weighted by Gasteiger charge is 2.42. The molecule has 2 saturated carbocycles. The molecule has 74 valence electrons. The molecular weight excluding hydrogens is 162 g/mol. The van der Waals surface area contributed by atoms with E-state index in [1.54, 1.807) is 0 Å². The molecule has 0 amide bonds. The van der Waals surface area contributed by atoms with Gasteiger partial charge in [-0.1, -0.05) is 6.42 Å². The first kappa shape index (κ1) is 8.25. The van der Waals surface area contributed by atoms with Crippen molar-refractivity contribution in [1.29, 1.82) is 0 Å². The molecule has 2 nitrogen and oxygen atoms in total. The van der Waals surface area contributed by atoms with Crippen LogP contribution in [0.15, 0.2) is 0 Å². The van der Waals surface area contributed by atoms with E-state index in [4.69, 9.17) is 4.74 Å². The summed E-state index contributed by atoms with van der Waals surface area (Å²) in [6, 6.07) is 0.933. The summed E-state index contributed by atoms with van der Waals surface area (Å²) in [4.78, 5) is 2.69. The molecule has 2 aliphatic carbocycles. The molecule has 2 bridgehead atoms. The molecule has 3 unspecified atom stereocenters. The molecular formula is C11H19NO. The number of fused-ring (bicyclic) bond motifs is 2. The van der Waals surface area contributed by atoms with Crippen LogP contribution in [0.2, 0.25) is 0 Å². The first-order valence-electron chi connectivity index (χ1n) is 5.75. The van der Waals surface area contributed by atoms with Gasteiger partial charge in [-0.05, 0) is 31.1 Å². The van der Waals surface area contributed by atoms with Gasteiger partial charge in [0.2, 0.25) is 0 Å². The Hall–Kier alpha value is -0.0800. The lowest BCUT2D eigenvalue weighted by Crippen LogP contribution is -2.45. The maximum absolute atomic E-state index is 5.40. The normalized spacial score (nSPS) is 45.7. The lowest BCUT2D eigenvalue weighted by molar-refractivity contribution is 0.00415. The zero-order valence-electron chi connectivity index (χ0n) is 8.24. The third-order valence-electron chi connectivity index (χ3n) is 4.22. The van der Waals surface area contributed by atoms with Gasteiger partial charge in [-0.2, -0.15) is 0 Å². The molecule has 1 saturated heterocycles. The van der Waals surface area contributed by atoms with E-state index in [0.717, 1.165) is 31.1 Å². The monoisotopic (exact) mass is 181 g/mol. The lowest BCUT2D eigenvalue weighted by atomic mass is 9.94. The van der Waals surface area contributed by atoms with E-state index in [0.29, 0.717) is 0 Å². The summed E-state index contributed by atoms with van der Waals surface area (Å²) in [5, 5.41) is 0. The highest BCUT2D eigenvalue weighted by molar-refractivity contribution is 4.95. The second-order valence-electron chi connectivity index (χ2n) is 4.89. The average Bonchev–Trinajstić information content (AvgIpc) is 2.80. The fourth-order valence-corrected chi connectivity index (χ4v) is 3.57. The summed E-state index contributed by atoms with van der Waals surface area (Å²) in [5.41, 5.74) is 0. The Labute approximate surface area is 80.2 Å². The highest BCUT2D eigenvalue weighted by Crippen LogP contribution is 2.46. The Kier molecular flexibility index (Phi) is 2.06. The Morgan fingerprint density at radius 3 is 2.46 bits per heavy atom. The van der Waals surface area contributed by atoms with E-state index in [1.165, 1.54) is 38.8 Å². The maximum Gasteiger partial charge on any atom is 0.0594 e. The summed E-state index contributed by atoms with van der Waals surface area (Å²) < 4.78 is 5.40. The average molecular weight is 181 g/mol. The predicted molar refractivity (Wildman–Crippen MR) is 51.6 cm³/mol. The minimum absolute atomic E-state index is 0.933. The fourth-order valence-electron chi connectivity index (χ4n) is 3.57. The van der Waals surface area contributed by atoms with Crippen molar-refractivity contribution < 1.29 is 4.74 Å². The zero-order valence-corrected chi connectivity index (χ0v) is 8.24. The third-order valence-corrected chi connectivity index (χ3v) is 4.22. The Bertz CT molecular complexity index is 189. The zero-order chi connectivity index (χ0) is 8.67. The van der Waals surface area contributed by atoms with Gasteiger partial charge in [0.05, 0.1) is 13.2 Å². The number of hydrogen-bond acceptors (Lipinski definition) is 2. The van der Waals surface area contributed by atoms with Gasteiger partial charge in [0, 0.05) is 19.1 Å². The largest absolute Gasteiger partial charge is 0.379 e. The highest BCUT2D eigenvalue weighted by atomic mass is 16.5. The van der Waals surface area contributed by atoms with Gasteiger partial charge in [0.1, 0.15) is 0 Å². The predicted octanol–water partition coefficient (Wildman–Crippen LogP) is 1.51. The molecule has 2 heteroatoms. The van der Waals surface area contributed by atoms with Gasteiger partial charge in [-0.15, -0.1) is 0 Å². The van der Waals surface area contributed by atoms with Crippen LogP contribution < -0.4 is 0 Å². The van der Waals surface area contributed by atoms with Gasteiger partial charge < -0.3 is 4.74 Å². The van der Waals surface area contributed by atoms with E-state index in [-0.39, 0.29) is 0 Å². The number of rotatable bonds is 1. The minimum Gasteiger partial charge on any atom is -0.379 e. The van der Waals surface area contributed by atoms with Crippen LogP contribution in [-0.2, 0) is 4.74 Å². The quantitative estimate of drug-likeness (QED) is 0.608. The summed E-state index contributed by atoms with van der Waals surface area (Å²) in [6.07, 6.45) is 6.05. The Morgan fingerprint density at radius 1 is 1.00 bits per heavy atom. The Morgan fingerprint density at radius 2 is 1.85 bits per heavy atom. The molecule has 3 rings (SSSR count). The van der Waals surface area contributed by atoms with Crippen molar-refractivity contribution in [2.75, 3.05) is 26.3 Å². The fraction of sp³-hybridized carbons (Fsp3) is 1.00. The van der Waals surface area contributed by atoms with Crippen molar-refractivity contribution in [3.8, 4) is 0 Å². The van der Waals surface area contributed by atoms with Crippen molar-refractivity contribution in [2.45, 2.75) is 31.7 Å². The van der Waals surface area contributed by atoms with E-state index in [2.05, 4.69) is 4.90 Å². The molecule has 1 heterocycles. The minimum atomic E-state index is 0.933. The van der Waals surface area contributed by atoms with Crippen LogP contribution in [-0.4, -0.2) is 37.2 Å². The first-order valence-corrected chi connectivity index (χ1v) is 5.75. The smallest absolute Gasteiger partial charge is 0.0594 e. The molecule has 13 heavy (non-hydrogen) atoms. The van der Waals surface area contributed by atoms with Gasteiger partial charge >= 0.3 is 0 Å². The lowest BCUT2D eigenvalue weighted by Gasteiger charge is -2.36. The summed E-state index contributed by atoms with van der Waals surface area (Å²) in [7, 11) is 0. The number of hydrogen-bond donors (Lipinski definition) is 0. The summed E-state index contributed by atoms with van der Waals surface area (Å²) in [6.45, 7) is 4.31. The SMILES string of the molecule is C1CN(C2CC3CCC2C3)CCO1. The van der Waals surface area contributed by atoms with Gasteiger partial charge in [0.15, 0.2) is 0 Å². The molecule has 0 N–H and O–H groups in total. The Balaban J connectivity index is 1.65. The second kappa shape index (κ2) is 3.25. The molecule has 0 aromatic heterocycles. The van der Waals surface area contributed by atoms with E-state index in [9.17, 15) is 0 Å².